The quantitative estimate of drug-likeness (QED) is 0.377. The Balaban J connectivity index is 1.95. The molecule has 1 aliphatic heterocycles. The molecule has 1 aliphatic rings. The number of rotatable bonds is 5. The van der Waals surface area contributed by atoms with Gasteiger partial charge in [0.1, 0.15) is 0 Å². The van der Waals surface area contributed by atoms with Crippen molar-refractivity contribution in [2.75, 3.05) is 19.7 Å². The zero-order valence-electron chi connectivity index (χ0n) is 12.9. The Hall–Kier alpha value is -1.59. The average molecular weight is 291 g/mol. The van der Waals surface area contributed by atoms with Gasteiger partial charge in [-0.25, -0.2) is 0 Å². The molecule has 0 amide bonds. The third-order valence-corrected chi connectivity index (χ3v) is 4.08. The Morgan fingerprint density at radius 1 is 1.43 bits per heavy atom. The second kappa shape index (κ2) is 7.43. The molecule has 5 nitrogen and oxygen atoms in total. The number of nitrogens with zero attached hydrogens (tertiary/aromatic N) is 2. The normalized spacial score (nSPS) is 18.1. The van der Waals surface area contributed by atoms with Crippen molar-refractivity contribution in [2.45, 2.75) is 39.3 Å². The first-order valence-electron chi connectivity index (χ1n) is 7.55. The van der Waals surface area contributed by atoms with Crippen molar-refractivity contribution >= 4 is 5.84 Å². The molecule has 5 heteroatoms. The Bertz CT molecular complexity index is 494. The van der Waals surface area contributed by atoms with Gasteiger partial charge in [0.05, 0.1) is 6.10 Å². The minimum atomic E-state index is 0.155. The lowest BCUT2D eigenvalue weighted by atomic mass is 10.0. The van der Waals surface area contributed by atoms with Crippen molar-refractivity contribution in [3.05, 3.63) is 34.9 Å². The molecule has 1 saturated heterocycles. The number of ether oxygens (including phenoxy) is 1. The Morgan fingerprint density at radius 2 is 2.14 bits per heavy atom. The maximum absolute atomic E-state index is 8.72. The molecular weight excluding hydrogens is 266 g/mol. The van der Waals surface area contributed by atoms with Crippen LogP contribution in [-0.2, 0) is 11.3 Å². The molecule has 0 unspecified atom stereocenters. The fourth-order valence-electron chi connectivity index (χ4n) is 2.80. The molecule has 0 bridgehead atoms. The first kappa shape index (κ1) is 15.8. The lowest BCUT2D eigenvalue weighted by molar-refractivity contribution is 0.0125. The van der Waals surface area contributed by atoms with Crippen LogP contribution in [0.1, 0.15) is 36.5 Å². The van der Waals surface area contributed by atoms with Gasteiger partial charge in [-0.1, -0.05) is 17.3 Å². The third kappa shape index (κ3) is 4.19. The van der Waals surface area contributed by atoms with Crippen LogP contribution in [0.3, 0.4) is 0 Å². The number of likely N-dealkylation sites (tertiary alicyclic amines) is 1. The molecule has 1 heterocycles. The van der Waals surface area contributed by atoms with Gasteiger partial charge < -0.3 is 15.7 Å². The summed E-state index contributed by atoms with van der Waals surface area (Å²) in [5.41, 5.74) is 8.84. The van der Waals surface area contributed by atoms with Crippen molar-refractivity contribution in [3.63, 3.8) is 0 Å². The summed E-state index contributed by atoms with van der Waals surface area (Å²) in [6.45, 7) is 8.02. The number of benzene rings is 1. The lowest BCUT2D eigenvalue weighted by Gasteiger charge is -2.32. The van der Waals surface area contributed by atoms with Crippen LogP contribution in [0.5, 0.6) is 0 Å². The van der Waals surface area contributed by atoms with E-state index in [4.69, 9.17) is 15.7 Å². The molecule has 0 spiro atoms. The van der Waals surface area contributed by atoms with E-state index in [0.29, 0.717) is 6.10 Å². The molecule has 0 saturated carbocycles. The number of hydrogen-bond acceptors (Lipinski definition) is 4. The molecule has 116 valence electrons. The zero-order valence-corrected chi connectivity index (χ0v) is 12.9. The predicted molar refractivity (Wildman–Crippen MR) is 83.6 cm³/mol. The summed E-state index contributed by atoms with van der Waals surface area (Å²) in [6.07, 6.45) is 2.64. The van der Waals surface area contributed by atoms with E-state index in [0.717, 1.165) is 44.6 Å². The second-order valence-electron chi connectivity index (χ2n) is 5.56. The summed E-state index contributed by atoms with van der Waals surface area (Å²) in [5, 5.41) is 11.8. The van der Waals surface area contributed by atoms with Gasteiger partial charge in [0.25, 0.3) is 0 Å². The number of piperidine rings is 1. The molecule has 1 aromatic carbocycles. The van der Waals surface area contributed by atoms with Crippen LogP contribution in [-0.4, -0.2) is 41.7 Å². The maximum atomic E-state index is 8.72. The van der Waals surface area contributed by atoms with Crippen molar-refractivity contribution in [1.82, 2.24) is 4.90 Å². The van der Waals surface area contributed by atoms with Crippen molar-refractivity contribution in [3.8, 4) is 0 Å². The van der Waals surface area contributed by atoms with E-state index in [1.165, 1.54) is 11.1 Å². The first-order valence-corrected chi connectivity index (χ1v) is 7.55. The van der Waals surface area contributed by atoms with E-state index in [9.17, 15) is 0 Å². The number of oxime groups is 1. The van der Waals surface area contributed by atoms with Gasteiger partial charge in [0, 0.05) is 31.8 Å². The molecule has 0 aliphatic carbocycles. The fourth-order valence-corrected chi connectivity index (χ4v) is 2.80. The third-order valence-electron chi connectivity index (χ3n) is 4.08. The van der Waals surface area contributed by atoms with Crippen LogP contribution in [0.2, 0.25) is 0 Å². The van der Waals surface area contributed by atoms with Gasteiger partial charge in [0.15, 0.2) is 5.84 Å². The standard InChI is InChI=1S/C16H25N3O2/c1-3-21-15-6-8-19(9-7-15)11-14-5-4-13(10-12(14)2)16(17)18-20/h4-5,10,15,20H,3,6-9,11H2,1-2H3,(H2,17,18). The first-order chi connectivity index (χ1) is 10.1. The summed E-state index contributed by atoms with van der Waals surface area (Å²) in [6, 6.07) is 5.94. The molecule has 0 atom stereocenters. The number of hydrogen-bond donors (Lipinski definition) is 2. The SMILES string of the molecule is CCOC1CCN(Cc2ccc(/C(N)=N/O)cc2C)CC1. The van der Waals surface area contributed by atoms with Crippen LogP contribution in [0.4, 0.5) is 0 Å². The molecule has 21 heavy (non-hydrogen) atoms. The summed E-state index contributed by atoms with van der Waals surface area (Å²) in [5.74, 6) is 0.155. The molecular formula is C16H25N3O2. The van der Waals surface area contributed by atoms with E-state index < -0.39 is 0 Å². The minimum Gasteiger partial charge on any atom is -0.409 e. The largest absolute Gasteiger partial charge is 0.409 e. The highest BCUT2D eigenvalue weighted by atomic mass is 16.5. The van der Waals surface area contributed by atoms with Crippen molar-refractivity contribution in [2.24, 2.45) is 10.9 Å². The number of aryl methyl sites for hydroxylation is 1. The van der Waals surface area contributed by atoms with E-state index in [2.05, 4.69) is 30.0 Å². The number of nitrogens with two attached hydrogens (primary N) is 1. The van der Waals surface area contributed by atoms with Gasteiger partial charge in [-0.15, -0.1) is 0 Å². The van der Waals surface area contributed by atoms with E-state index in [1.54, 1.807) is 0 Å². The Kier molecular flexibility index (Phi) is 5.59. The fraction of sp³-hybridized carbons (Fsp3) is 0.562. The smallest absolute Gasteiger partial charge is 0.170 e. The Labute approximate surface area is 126 Å². The van der Waals surface area contributed by atoms with E-state index in [1.807, 2.05) is 12.1 Å². The molecule has 0 radical (unpaired) electrons. The van der Waals surface area contributed by atoms with Crippen molar-refractivity contribution in [1.29, 1.82) is 0 Å². The van der Waals surface area contributed by atoms with Crippen LogP contribution in [0.15, 0.2) is 23.4 Å². The highest BCUT2D eigenvalue weighted by molar-refractivity contribution is 5.97. The number of amidine groups is 1. The van der Waals surface area contributed by atoms with Crippen LogP contribution < -0.4 is 5.73 Å². The summed E-state index contributed by atoms with van der Waals surface area (Å²) < 4.78 is 5.68. The van der Waals surface area contributed by atoms with Crippen LogP contribution >= 0.6 is 0 Å². The van der Waals surface area contributed by atoms with E-state index >= 15 is 0 Å². The molecule has 0 aromatic heterocycles. The summed E-state index contributed by atoms with van der Waals surface area (Å²) in [7, 11) is 0. The van der Waals surface area contributed by atoms with Gasteiger partial charge in [0.2, 0.25) is 0 Å². The monoisotopic (exact) mass is 291 g/mol. The van der Waals surface area contributed by atoms with Crippen LogP contribution in [0, 0.1) is 6.92 Å². The average Bonchev–Trinajstić information content (AvgIpc) is 2.50. The van der Waals surface area contributed by atoms with Crippen molar-refractivity contribution < 1.29 is 9.94 Å². The summed E-state index contributed by atoms with van der Waals surface area (Å²) >= 11 is 0. The zero-order chi connectivity index (χ0) is 15.2. The topological polar surface area (TPSA) is 71.1 Å². The predicted octanol–water partition coefficient (Wildman–Crippen LogP) is 2.09. The van der Waals surface area contributed by atoms with E-state index in [-0.39, 0.29) is 5.84 Å². The lowest BCUT2D eigenvalue weighted by Crippen LogP contribution is -2.36. The van der Waals surface area contributed by atoms with Gasteiger partial charge in [-0.2, -0.15) is 0 Å². The molecule has 1 fully saturated rings. The molecule has 1 aromatic rings. The van der Waals surface area contributed by atoms with Gasteiger partial charge in [-0.05, 0) is 43.9 Å². The molecule has 3 N–H and O–H groups in total. The van der Waals surface area contributed by atoms with Crippen LogP contribution in [0.25, 0.3) is 0 Å². The van der Waals surface area contributed by atoms with Gasteiger partial charge >= 0.3 is 0 Å². The minimum absolute atomic E-state index is 0.155. The molecule has 2 rings (SSSR count). The highest BCUT2D eigenvalue weighted by Crippen LogP contribution is 2.18. The van der Waals surface area contributed by atoms with Gasteiger partial charge in [-0.3, -0.25) is 4.90 Å². The highest BCUT2D eigenvalue weighted by Gasteiger charge is 2.19. The summed E-state index contributed by atoms with van der Waals surface area (Å²) in [4.78, 5) is 2.46. The second-order valence-corrected chi connectivity index (χ2v) is 5.56. The Morgan fingerprint density at radius 3 is 2.71 bits per heavy atom. The maximum Gasteiger partial charge on any atom is 0.170 e.